The van der Waals surface area contributed by atoms with Crippen molar-refractivity contribution in [1.29, 1.82) is 0 Å². The van der Waals surface area contributed by atoms with Crippen molar-refractivity contribution >= 4 is 29.0 Å². The number of fused-ring (bicyclic) bond motifs is 1. The van der Waals surface area contributed by atoms with E-state index in [1.54, 1.807) is 24.3 Å². The normalized spacial score (nSPS) is 14.6. The number of thioether (sulfide) groups is 1. The van der Waals surface area contributed by atoms with Gasteiger partial charge in [-0.2, -0.15) is 11.8 Å². The number of ether oxygens (including phenoxy) is 1. The van der Waals surface area contributed by atoms with E-state index in [9.17, 15) is 14.6 Å². The van der Waals surface area contributed by atoms with E-state index >= 15 is 0 Å². The fraction of sp³-hybridized carbons (Fsp3) is 0.421. The minimum atomic E-state index is -0.336. The van der Waals surface area contributed by atoms with E-state index < -0.39 is 0 Å². The summed E-state index contributed by atoms with van der Waals surface area (Å²) in [5.74, 6) is 3.47. The first-order valence-corrected chi connectivity index (χ1v) is 17.3. The topological polar surface area (TPSA) is 61.7 Å². The lowest BCUT2D eigenvalue weighted by molar-refractivity contribution is 0.259. The van der Waals surface area contributed by atoms with Gasteiger partial charge in [-0.1, -0.05) is 80.7 Å². The van der Waals surface area contributed by atoms with Crippen molar-refractivity contribution in [1.82, 2.24) is 5.32 Å². The highest BCUT2D eigenvalue weighted by Gasteiger charge is 2.29. The number of nitrogens with one attached hydrogen (secondary N) is 1. The van der Waals surface area contributed by atoms with Gasteiger partial charge in [0.25, 0.3) is 0 Å². The van der Waals surface area contributed by atoms with Gasteiger partial charge in [0.05, 0.1) is 6.67 Å². The summed E-state index contributed by atoms with van der Waals surface area (Å²) < 4.78 is 18.6. The van der Waals surface area contributed by atoms with Gasteiger partial charge in [0.2, 0.25) is 0 Å². The Morgan fingerprint density at radius 1 is 0.818 bits per heavy atom. The van der Waals surface area contributed by atoms with Crippen molar-refractivity contribution in [2.45, 2.75) is 70.8 Å². The molecule has 0 bridgehead atoms. The molecule has 3 aromatic carbocycles. The van der Waals surface area contributed by atoms with Gasteiger partial charge in [-0.3, -0.25) is 4.39 Å². The number of phenolic OH excluding ortho intramolecular Hbond substituents is 2. The molecule has 1 aliphatic rings. The zero-order valence-electron chi connectivity index (χ0n) is 26.1. The standard InChI is InChI=1S/C38H48FNO3S/c1-29-35-28-34(42)20-21-36(35)43-38(37(29)32-14-11-15-33(41)27-32)31-18-16-30(17-19-31)13-12-24-40-23-8-5-3-2-4-6-9-25-44-26-10-7-22-39/h11-21,27-28,38,40-42H,2-10,22-26H2,1H3/b13-12-. The third-order valence-corrected chi connectivity index (χ3v) is 9.22. The lowest BCUT2D eigenvalue weighted by Crippen LogP contribution is -2.16. The van der Waals surface area contributed by atoms with Crippen LogP contribution in [0.1, 0.15) is 93.1 Å². The van der Waals surface area contributed by atoms with E-state index in [1.807, 2.05) is 36.9 Å². The molecule has 4 nitrogen and oxygen atoms in total. The molecular formula is C38H48FNO3S. The molecule has 1 aliphatic heterocycles. The first-order valence-electron chi connectivity index (χ1n) is 16.2. The number of alkyl halides is 1. The quantitative estimate of drug-likeness (QED) is 0.117. The van der Waals surface area contributed by atoms with Gasteiger partial charge in [-0.05, 0) is 103 Å². The van der Waals surface area contributed by atoms with Crippen LogP contribution in [0.15, 0.2) is 72.8 Å². The number of unbranched alkanes of at least 4 members (excludes halogenated alkanes) is 7. The van der Waals surface area contributed by atoms with Crippen molar-refractivity contribution in [2.24, 2.45) is 0 Å². The molecule has 6 heteroatoms. The van der Waals surface area contributed by atoms with Crippen LogP contribution in [-0.4, -0.2) is 41.5 Å². The van der Waals surface area contributed by atoms with Crippen molar-refractivity contribution in [3.63, 3.8) is 0 Å². The van der Waals surface area contributed by atoms with Gasteiger partial charge in [0, 0.05) is 17.7 Å². The Balaban J connectivity index is 1.19. The molecule has 44 heavy (non-hydrogen) atoms. The largest absolute Gasteiger partial charge is 0.508 e. The number of allylic oxidation sites excluding steroid dienone is 1. The minimum Gasteiger partial charge on any atom is -0.508 e. The second-order valence-electron chi connectivity index (χ2n) is 11.5. The Morgan fingerprint density at radius 2 is 1.52 bits per heavy atom. The second-order valence-corrected chi connectivity index (χ2v) is 12.7. The van der Waals surface area contributed by atoms with E-state index in [0.717, 1.165) is 70.8 Å². The van der Waals surface area contributed by atoms with Crippen molar-refractivity contribution in [2.75, 3.05) is 31.3 Å². The Hall–Kier alpha value is -3.22. The molecule has 0 fully saturated rings. The first-order chi connectivity index (χ1) is 21.6. The summed E-state index contributed by atoms with van der Waals surface area (Å²) in [6.45, 7) is 3.76. The first kappa shape index (κ1) is 33.7. The minimum absolute atomic E-state index is 0.173. The number of hydrogen-bond donors (Lipinski definition) is 3. The summed E-state index contributed by atoms with van der Waals surface area (Å²) in [5.41, 5.74) is 5.90. The number of benzene rings is 3. The van der Waals surface area contributed by atoms with Crippen LogP contribution in [0.2, 0.25) is 0 Å². The smallest absolute Gasteiger partial charge is 0.150 e. The number of hydrogen-bond acceptors (Lipinski definition) is 5. The Morgan fingerprint density at radius 3 is 2.27 bits per heavy atom. The molecule has 0 aliphatic carbocycles. The van der Waals surface area contributed by atoms with Crippen molar-refractivity contribution in [3.05, 3.63) is 95.1 Å². The van der Waals surface area contributed by atoms with Crippen molar-refractivity contribution in [3.8, 4) is 17.2 Å². The molecule has 4 rings (SSSR count). The summed E-state index contributed by atoms with van der Waals surface area (Å²) in [7, 11) is 0. The van der Waals surface area contributed by atoms with Crippen LogP contribution < -0.4 is 10.1 Å². The third kappa shape index (κ3) is 10.4. The van der Waals surface area contributed by atoms with Gasteiger partial charge in [0.15, 0.2) is 0 Å². The fourth-order valence-electron chi connectivity index (χ4n) is 5.62. The molecule has 236 valence electrons. The monoisotopic (exact) mass is 617 g/mol. The molecule has 0 spiro atoms. The second kappa shape index (κ2) is 18.6. The Kier molecular flexibility index (Phi) is 14.2. The summed E-state index contributed by atoms with van der Waals surface area (Å²) in [6, 6.07) is 20.9. The molecule has 1 heterocycles. The summed E-state index contributed by atoms with van der Waals surface area (Å²) >= 11 is 1.98. The van der Waals surface area contributed by atoms with Crippen LogP contribution in [0.4, 0.5) is 4.39 Å². The van der Waals surface area contributed by atoms with Crippen LogP contribution >= 0.6 is 11.8 Å². The number of rotatable bonds is 19. The summed E-state index contributed by atoms with van der Waals surface area (Å²) in [6.07, 6.45) is 14.8. The van der Waals surface area contributed by atoms with E-state index in [-0.39, 0.29) is 24.3 Å². The van der Waals surface area contributed by atoms with Gasteiger partial charge >= 0.3 is 0 Å². The zero-order chi connectivity index (χ0) is 31.0. The molecule has 0 amide bonds. The predicted molar refractivity (Wildman–Crippen MR) is 185 cm³/mol. The molecule has 3 aromatic rings. The average Bonchev–Trinajstić information content (AvgIpc) is 3.03. The molecule has 0 saturated carbocycles. The van der Waals surface area contributed by atoms with E-state index in [4.69, 9.17) is 4.74 Å². The third-order valence-electron chi connectivity index (χ3n) is 8.06. The van der Waals surface area contributed by atoms with Crippen LogP contribution in [0.5, 0.6) is 17.2 Å². The highest BCUT2D eigenvalue weighted by molar-refractivity contribution is 7.99. The predicted octanol–water partition coefficient (Wildman–Crippen LogP) is 9.98. The SMILES string of the molecule is CC1=C(c2cccc(O)c2)C(c2ccc(/C=C\CNCCCCCCCCCSCCCCF)cc2)Oc2ccc(O)cc21. The van der Waals surface area contributed by atoms with Gasteiger partial charge in [-0.25, -0.2) is 0 Å². The lowest BCUT2D eigenvalue weighted by Gasteiger charge is -2.31. The molecule has 1 unspecified atom stereocenters. The highest BCUT2D eigenvalue weighted by atomic mass is 32.2. The van der Waals surface area contributed by atoms with Gasteiger partial charge < -0.3 is 20.3 Å². The molecule has 3 N–H and O–H groups in total. The maximum Gasteiger partial charge on any atom is 0.150 e. The van der Waals surface area contributed by atoms with Crippen LogP contribution in [0.3, 0.4) is 0 Å². The van der Waals surface area contributed by atoms with Crippen LogP contribution in [0, 0.1) is 0 Å². The Labute approximate surface area is 267 Å². The van der Waals surface area contributed by atoms with E-state index in [0.29, 0.717) is 0 Å². The summed E-state index contributed by atoms with van der Waals surface area (Å²) in [5, 5.41) is 23.8. The zero-order valence-corrected chi connectivity index (χ0v) is 26.9. The van der Waals surface area contributed by atoms with Crippen LogP contribution in [-0.2, 0) is 0 Å². The van der Waals surface area contributed by atoms with Gasteiger partial charge in [0.1, 0.15) is 23.4 Å². The van der Waals surface area contributed by atoms with Crippen LogP contribution in [0.25, 0.3) is 17.2 Å². The number of halogens is 1. The van der Waals surface area contributed by atoms with E-state index in [1.165, 1.54) is 50.7 Å². The summed E-state index contributed by atoms with van der Waals surface area (Å²) in [4.78, 5) is 0. The number of phenols is 2. The van der Waals surface area contributed by atoms with Crippen molar-refractivity contribution < 1.29 is 19.3 Å². The molecule has 0 radical (unpaired) electrons. The maximum atomic E-state index is 12.1. The molecule has 0 saturated heterocycles. The Bertz CT molecular complexity index is 1350. The molecular weight excluding hydrogens is 569 g/mol. The maximum absolute atomic E-state index is 12.1. The average molecular weight is 618 g/mol. The molecule has 1 atom stereocenters. The fourth-order valence-corrected chi connectivity index (χ4v) is 6.64. The lowest BCUT2D eigenvalue weighted by atomic mass is 9.86. The molecule has 0 aromatic heterocycles. The highest BCUT2D eigenvalue weighted by Crippen LogP contribution is 2.47. The number of aromatic hydroxyl groups is 2. The van der Waals surface area contributed by atoms with Gasteiger partial charge in [-0.15, -0.1) is 0 Å². The van der Waals surface area contributed by atoms with E-state index in [2.05, 4.69) is 41.7 Å².